The fourth-order valence-electron chi connectivity index (χ4n) is 3.59. The van der Waals surface area contributed by atoms with Crippen LogP contribution in [0.25, 0.3) is 0 Å². The zero-order valence-electron chi connectivity index (χ0n) is 16.7. The van der Waals surface area contributed by atoms with Crippen molar-refractivity contribution in [2.45, 2.75) is 38.8 Å². The van der Waals surface area contributed by atoms with Crippen LogP contribution in [0.15, 0.2) is 16.6 Å². The number of aliphatic hydroxyl groups excluding tert-OH is 1. The molecule has 164 valence electrons. The van der Waals surface area contributed by atoms with Crippen LogP contribution in [0, 0.1) is 5.92 Å². The molecule has 0 aromatic carbocycles. The number of aromatic amines is 1. The minimum absolute atomic E-state index is 0.0588. The molecule has 0 spiro atoms. The molecule has 3 rings (SSSR count). The van der Waals surface area contributed by atoms with Crippen LogP contribution in [0.3, 0.4) is 0 Å². The van der Waals surface area contributed by atoms with Gasteiger partial charge in [0.1, 0.15) is 5.82 Å². The van der Waals surface area contributed by atoms with Crippen LogP contribution >= 0.6 is 0 Å². The van der Waals surface area contributed by atoms with Crippen molar-refractivity contribution in [3.8, 4) is 5.75 Å². The van der Waals surface area contributed by atoms with Gasteiger partial charge in [0.05, 0.1) is 12.3 Å². The van der Waals surface area contributed by atoms with Crippen molar-refractivity contribution in [3.05, 3.63) is 33.6 Å². The van der Waals surface area contributed by atoms with Crippen molar-refractivity contribution in [1.82, 2.24) is 14.9 Å². The van der Waals surface area contributed by atoms with Crippen LogP contribution < -0.4 is 5.56 Å². The van der Waals surface area contributed by atoms with Crippen molar-refractivity contribution in [1.29, 1.82) is 0 Å². The van der Waals surface area contributed by atoms with Crippen molar-refractivity contribution in [2.75, 3.05) is 26.3 Å². The Hall–Kier alpha value is -2.76. The monoisotopic (exact) mass is 423 g/mol. The lowest BCUT2D eigenvalue weighted by Crippen LogP contribution is -2.43. The number of carbonyl (C=O) groups excluding carboxylic acids is 2. The number of allylic oxidation sites excluding steroid dienone is 1. The maximum atomic E-state index is 12.1. The second-order valence-corrected chi connectivity index (χ2v) is 7.17. The molecular formula is C19H25N3O8. The summed E-state index contributed by atoms with van der Waals surface area (Å²) in [5, 5.41) is 19.6. The number of aldehydes is 1. The van der Waals surface area contributed by atoms with Crippen LogP contribution in [-0.4, -0.2) is 76.2 Å². The molecule has 11 heteroatoms. The molecule has 0 aliphatic carbocycles. The molecule has 2 aliphatic heterocycles. The van der Waals surface area contributed by atoms with E-state index in [9.17, 15) is 24.6 Å². The number of nitrogens with one attached hydrogen (secondary N) is 1. The summed E-state index contributed by atoms with van der Waals surface area (Å²) in [5.41, 5.74) is -1.01. The number of aliphatic hydroxyl groups is 1. The Balaban J connectivity index is 1.88. The quantitative estimate of drug-likeness (QED) is 0.307. The summed E-state index contributed by atoms with van der Waals surface area (Å²) in [5.74, 6) is -2.18. The first-order valence-electron chi connectivity index (χ1n) is 9.70. The topological polar surface area (TPSA) is 151 Å². The average molecular weight is 423 g/mol. The molecule has 0 amide bonds. The molecule has 1 aromatic rings. The predicted octanol–water partition coefficient (Wildman–Crippen LogP) is -0.148. The van der Waals surface area contributed by atoms with E-state index in [1.165, 1.54) is 0 Å². The van der Waals surface area contributed by atoms with E-state index >= 15 is 0 Å². The fourth-order valence-corrected chi connectivity index (χ4v) is 3.59. The molecule has 3 N–H and O–H groups in total. The molecule has 1 aromatic heterocycles. The molecule has 0 saturated carbocycles. The molecule has 3 heterocycles. The van der Waals surface area contributed by atoms with E-state index in [4.69, 9.17) is 14.2 Å². The highest BCUT2D eigenvalue weighted by Gasteiger charge is 2.33. The number of hydrogen-bond acceptors (Lipinski definition) is 10. The van der Waals surface area contributed by atoms with Crippen molar-refractivity contribution >= 4 is 12.3 Å². The zero-order chi connectivity index (χ0) is 21.8. The molecule has 30 heavy (non-hydrogen) atoms. The minimum atomic E-state index is -0.907. The number of aromatic nitrogens is 2. The van der Waals surface area contributed by atoms with Crippen molar-refractivity contribution in [3.63, 3.8) is 0 Å². The molecule has 2 saturated heterocycles. The Morgan fingerprint density at radius 1 is 1.40 bits per heavy atom. The van der Waals surface area contributed by atoms with Gasteiger partial charge < -0.3 is 34.3 Å². The SMILES string of the molecule is CCOC(=O)c1nc(C2CC(CO)CN(/C(C=O)=C/C3OC(C)O3)C2)[nH]c(=O)c1O. The number of rotatable bonds is 7. The lowest BCUT2D eigenvalue weighted by Gasteiger charge is -2.39. The minimum Gasteiger partial charge on any atom is -0.501 e. The number of H-pyrrole nitrogens is 1. The van der Waals surface area contributed by atoms with Gasteiger partial charge in [-0.3, -0.25) is 9.59 Å². The van der Waals surface area contributed by atoms with Gasteiger partial charge in [0.25, 0.3) is 5.56 Å². The van der Waals surface area contributed by atoms with Crippen LogP contribution in [0.1, 0.15) is 42.5 Å². The van der Waals surface area contributed by atoms with E-state index in [-0.39, 0.29) is 31.2 Å². The summed E-state index contributed by atoms with van der Waals surface area (Å²) in [6.45, 7) is 3.95. The fraction of sp³-hybridized carbons (Fsp3) is 0.579. The normalized spacial score (nSPS) is 26.8. The highest BCUT2D eigenvalue weighted by Crippen LogP contribution is 2.31. The van der Waals surface area contributed by atoms with Crippen LogP contribution in [0.4, 0.5) is 0 Å². The maximum absolute atomic E-state index is 12.1. The number of carbonyl (C=O) groups is 2. The summed E-state index contributed by atoms with van der Waals surface area (Å²) >= 11 is 0. The number of piperidine rings is 1. The van der Waals surface area contributed by atoms with E-state index in [2.05, 4.69) is 9.97 Å². The van der Waals surface area contributed by atoms with Gasteiger partial charge in [0.2, 0.25) is 5.75 Å². The Kier molecular flexibility index (Phi) is 6.85. The highest BCUT2D eigenvalue weighted by atomic mass is 16.9. The average Bonchev–Trinajstić information content (AvgIpc) is 2.71. The summed E-state index contributed by atoms with van der Waals surface area (Å²) in [6, 6.07) is 0. The van der Waals surface area contributed by atoms with Gasteiger partial charge in [-0.25, -0.2) is 9.78 Å². The third-order valence-electron chi connectivity index (χ3n) is 5.01. The summed E-state index contributed by atoms with van der Waals surface area (Å²) in [7, 11) is 0. The van der Waals surface area contributed by atoms with E-state index in [1.807, 2.05) is 0 Å². The third-order valence-corrected chi connectivity index (χ3v) is 5.01. The number of esters is 1. The van der Waals surface area contributed by atoms with Gasteiger partial charge in [-0.05, 0) is 26.3 Å². The Morgan fingerprint density at radius 2 is 2.13 bits per heavy atom. The standard InChI is InChI=1S/C19H25N3O8/c1-3-28-19(27)15-16(25)18(26)21-17(20-15)12-4-11(8-23)6-22(7-12)13(9-24)5-14-29-10(2)30-14/h5,9-12,14,23,25H,3-4,6-8H2,1-2H3,(H,20,21,26)/b13-5+. The molecule has 2 fully saturated rings. The second-order valence-electron chi connectivity index (χ2n) is 7.17. The number of hydrogen-bond donors (Lipinski definition) is 3. The summed E-state index contributed by atoms with van der Waals surface area (Å²) < 4.78 is 15.5. The molecule has 2 atom stereocenters. The van der Waals surface area contributed by atoms with Crippen LogP contribution in [0.5, 0.6) is 5.75 Å². The molecular weight excluding hydrogens is 398 g/mol. The number of ether oxygens (including phenoxy) is 3. The number of nitrogens with zero attached hydrogens (tertiary/aromatic N) is 2. The molecule has 2 unspecified atom stereocenters. The molecule has 0 bridgehead atoms. The summed E-state index contributed by atoms with van der Waals surface area (Å²) in [6.07, 6.45) is 1.70. The Morgan fingerprint density at radius 3 is 2.73 bits per heavy atom. The van der Waals surface area contributed by atoms with Crippen LogP contribution in [0.2, 0.25) is 0 Å². The highest BCUT2D eigenvalue weighted by molar-refractivity contribution is 5.89. The number of aromatic hydroxyl groups is 1. The lowest BCUT2D eigenvalue weighted by molar-refractivity contribution is -0.355. The first kappa shape index (κ1) is 21.9. The van der Waals surface area contributed by atoms with Crippen LogP contribution in [-0.2, 0) is 19.0 Å². The van der Waals surface area contributed by atoms with Gasteiger partial charge in [0.15, 0.2) is 24.6 Å². The second kappa shape index (κ2) is 9.37. The molecule has 11 nitrogen and oxygen atoms in total. The van der Waals surface area contributed by atoms with Gasteiger partial charge in [0, 0.05) is 31.5 Å². The van der Waals surface area contributed by atoms with E-state index in [1.54, 1.807) is 24.8 Å². The smallest absolute Gasteiger partial charge is 0.361 e. The van der Waals surface area contributed by atoms with Crippen molar-refractivity contribution < 1.29 is 34.0 Å². The number of likely N-dealkylation sites (tertiary alicyclic amines) is 1. The lowest BCUT2D eigenvalue weighted by atomic mass is 9.88. The van der Waals surface area contributed by atoms with E-state index in [0.29, 0.717) is 31.5 Å². The molecule has 0 radical (unpaired) electrons. The first-order valence-corrected chi connectivity index (χ1v) is 9.70. The van der Waals surface area contributed by atoms with Gasteiger partial charge >= 0.3 is 5.97 Å². The first-order chi connectivity index (χ1) is 14.4. The Labute approximate surface area is 172 Å². The van der Waals surface area contributed by atoms with Gasteiger partial charge in [-0.15, -0.1) is 0 Å². The van der Waals surface area contributed by atoms with Gasteiger partial charge in [-0.2, -0.15) is 0 Å². The van der Waals surface area contributed by atoms with Crippen molar-refractivity contribution in [2.24, 2.45) is 5.92 Å². The third kappa shape index (κ3) is 4.69. The Bertz CT molecular complexity index is 877. The van der Waals surface area contributed by atoms with Gasteiger partial charge in [-0.1, -0.05) is 0 Å². The van der Waals surface area contributed by atoms with E-state index < -0.39 is 35.2 Å². The summed E-state index contributed by atoms with van der Waals surface area (Å²) in [4.78, 5) is 44.2. The largest absolute Gasteiger partial charge is 0.501 e. The maximum Gasteiger partial charge on any atom is 0.361 e. The zero-order valence-corrected chi connectivity index (χ0v) is 16.7. The predicted molar refractivity (Wildman–Crippen MR) is 102 cm³/mol. The molecule has 2 aliphatic rings. The van der Waals surface area contributed by atoms with E-state index in [0.717, 1.165) is 0 Å².